The van der Waals surface area contributed by atoms with Crippen molar-refractivity contribution >= 4 is 66.5 Å². The maximum atomic E-state index is 14.6. The number of allylic oxidation sites excluding steroid dienone is 2. The number of nitrogens with zero attached hydrogens (tertiary/aromatic N) is 3. The lowest BCUT2D eigenvalue weighted by Crippen LogP contribution is -2.52. The van der Waals surface area contributed by atoms with Crippen molar-refractivity contribution in [3.8, 4) is 5.88 Å². The van der Waals surface area contributed by atoms with Crippen molar-refractivity contribution < 1.29 is 36.7 Å². The van der Waals surface area contributed by atoms with Crippen molar-refractivity contribution in [1.82, 2.24) is 24.9 Å². The number of pyridine rings is 1. The molecule has 3 fully saturated rings. The van der Waals surface area contributed by atoms with Crippen molar-refractivity contribution in [3.63, 3.8) is 0 Å². The molecule has 4 aromatic rings. The number of fused-ring (bicyclic) bond motifs is 5. The lowest BCUT2D eigenvalue weighted by molar-refractivity contribution is -0.140. The Bertz CT molecular complexity index is 2330. The van der Waals surface area contributed by atoms with Crippen LogP contribution in [0.3, 0.4) is 0 Å². The minimum Gasteiger partial charge on any atom is -0.472 e. The second kappa shape index (κ2) is 14.4. The van der Waals surface area contributed by atoms with Crippen molar-refractivity contribution in [1.29, 1.82) is 0 Å². The van der Waals surface area contributed by atoms with Crippen LogP contribution in [0.15, 0.2) is 66.2 Å². The number of carbonyl (C=O) groups is 4. The number of halogens is 1. The first-order valence-corrected chi connectivity index (χ1v) is 21.2. The maximum Gasteiger partial charge on any atom is 0.280 e. The quantitative estimate of drug-likeness (QED) is 0.179. The summed E-state index contributed by atoms with van der Waals surface area (Å²) in [6, 6.07) is 9.62. The molecule has 0 radical (unpaired) electrons. The molecule has 0 unspecified atom stereocenters. The van der Waals surface area contributed by atoms with Gasteiger partial charge >= 0.3 is 0 Å². The van der Waals surface area contributed by atoms with Crippen LogP contribution in [0.1, 0.15) is 80.9 Å². The van der Waals surface area contributed by atoms with Gasteiger partial charge in [-0.3, -0.25) is 23.9 Å². The van der Waals surface area contributed by atoms with Crippen molar-refractivity contribution in [2.45, 2.75) is 94.1 Å². The molecule has 4 heterocycles. The Morgan fingerprint density at radius 3 is 2.65 bits per heavy atom. The SMILES string of the molecule is CC1(S(=O)(=O)NC(=O)[C@]23CC(=O)[C@@H]4C[C@@H](Oc5nc6ccccc6c6cc(F)ccc56)CN4C(=O)[C@@H](NC(=O)c4nccs4)CCCCC/C=C\[C@@H]2C3)CC1. The molecule has 12 nitrogen and oxygen atoms in total. The largest absolute Gasteiger partial charge is 0.472 e. The van der Waals surface area contributed by atoms with Gasteiger partial charge in [-0.25, -0.2) is 22.8 Å². The van der Waals surface area contributed by atoms with Gasteiger partial charge in [0.05, 0.1) is 28.3 Å². The second-order valence-electron chi connectivity index (χ2n) is 15.5. The molecule has 3 amide bonds. The number of ketones is 1. The third-order valence-corrected chi connectivity index (χ3v) is 14.6. The van der Waals surface area contributed by atoms with E-state index in [1.807, 2.05) is 30.4 Å². The van der Waals surface area contributed by atoms with Gasteiger partial charge in [0.1, 0.15) is 18.0 Å². The van der Waals surface area contributed by atoms with E-state index in [0.717, 1.165) is 29.6 Å². The van der Waals surface area contributed by atoms with Crippen LogP contribution in [0, 0.1) is 17.2 Å². The summed E-state index contributed by atoms with van der Waals surface area (Å²) >= 11 is 1.15. The predicted molar refractivity (Wildman–Crippen MR) is 204 cm³/mol. The zero-order chi connectivity index (χ0) is 38.5. The third-order valence-electron chi connectivity index (χ3n) is 11.7. The number of carbonyl (C=O) groups excluding carboxylic acids is 4. The Morgan fingerprint density at radius 2 is 1.87 bits per heavy atom. The average molecular weight is 788 g/mol. The van der Waals surface area contributed by atoms with Gasteiger partial charge in [-0.2, -0.15) is 0 Å². The molecule has 1 saturated heterocycles. The van der Waals surface area contributed by atoms with Crippen LogP contribution in [0.2, 0.25) is 0 Å². The summed E-state index contributed by atoms with van der Waals surface area (Å²) < 4.78 is 48.7. The van der Waals surface area contributed by atoms with Crippen molar-refractivity contribution in [3.05, 3.63) is 77.0 Å². The number of para-hydroxylation sites is 1. The number of nitrogens with one attached hydrogen (secondary N) is 2. The summed E-state index contributed by atoms with van der Waals surface area (Å²) in [7, 11) is -3.97. The molecule has 15 heteroatoms. The fourth-order valence-electron chi connectivity index (χ4n) is 7.99. The van der Waals surface area contributed by atoms with Gasteiger partial charge in [-0.15, -0.1) is 11.3 Å². The molecule has 0 bridgehead atoms. The number of thiazole rings is 1. The van der Waals surface area contributed by atoms with Gasteiger partial charge in [0.2, 0.25) is 27.7 Å². The molecule has 2 aliphatic carbocycles. The Hall–Kier alpha value is -4.76. The van der Waals surface area contributed by atoms with Gasteiger partial charge in [0.25, 0.3) is 5.91 Å². The summed E-state index contributed by atoms with van der Waals surface area (Å²) in [6.45, 7) is 1.58. The van der Waals surface area contributed by atoms with Crippen LogP contribution < -0.4 is 14.8 Å². The van der Waals surface area contributed by atoms with E-state index in [4.69, 9.17) is 9.72 Å². The first kappa shape index (κ1) is 37.2. The monoisotopic (exact) mass is 787 g/mol. The fraction of sp³-hybridized carbons (Fsp3) is 0.450. The Kier molecular flexibility index (Phi) is 9.73. The molecule has 8 rings (SSSR count). The summed E-state index contributed by atoms with van der Waals surface area (Å²) in [6.07, 6.45) is 8.87. The second-order valence-corrected chi connectivity index (χ2v) is 18.6. The van der Waals surface area contributed by atoms with E-state index in [0.29, 0.717) is 54.8 Å². The number of hydrogen-bond acceptors (Lipinski definition) is 10. The van der Waals surface area contributed by atoms with Gasteiger partial charge < -0.3 is 15.0 Å². The predicted octanol–water partition coefficient (Wildman–Crippen LogP) is 5.61. The van der Waals surface area contributed by atoms with Crippen molar-refractivity contribution in [2.75, 3.05) is 6.54 Å². The number of ether oxygens (including phenoxy) is 1. The summed E-state index contributed by atoms with van der Waals surface area (Å²) in [5, 5.41) is 6.64. The third kappa shape index (κ3) is 7.23. The lowest BCUT2D eigenvalue weighted by Gasteiger charge is -2.29. The highest BCUT2D eigenvalue weighted by molar-refractivity contribution is 7.91. The number of benzene rings is 2. The molecule has 2 saturated carbocycles. The number of rotatable bonds is 7. The Balaban J connectivity index is 1.13. The summed E-state index contributed by atoms with van der Waals surface area (Å²) in [5.74, 6) is -2.62. The normalized spacial score (nSPS) is 27.3. The van der Waals surface area contributed by atoms with Gasteiger partial charge in [0.15, 0.2) is 10.8 Å². The van der Waals surface area contributed by atoms with Crippen LogP contribution in [-0.4, -0.2) is 76.3 Å². The summed E-state index contributed by atoms with van der Waals surface area (Å²) in [4.78, 5) is 66.7. The van der Waals surface area contributed by atoms with E-state index < -0.39 is 67.7 Å². The topological polar surface area (TPSA) is 165 Å². The number of hydrogen-bond donors (Lipinski definition) is 2. The van der Waals surface area contributed by atoms with E-state index >= 15 is 0 Å². The number of sulfonamides is 1. The van der Waals surface area contributed by atoms with Crippen LogP contribution >= 0.6 is 11.3 Å². The van der Waals surface area contributed by atoms with E-state index in [1.54, 1.807) is 24.4 Å². The molecule has 2 aromatic heterocycles. The molecule has 288 valence electrons. The zero-order valence-corrected chi connectivity index (χ0v) is 32.0. The van der Waals surface area contributed by atoms with E-state index in [2.05, 4.69) is 15.0 Å². The first-order valence-electron chi connectivity index (χ1n) is 18.8. The van der Waals surface area contributed by atoms with Crippen LogP contribution in [0.25, 0.3) is 21.7 Å². The maximum absolute atomic E-state index is 14.6. The summed E-state index contributed by atoms with van der Waals surface area (Å²) in [5.41, 5.74) is -0.713. The van der Waals surface area contributed by atoms with Crippen LogP contribution in [-0.2, 0) is 24.4 Å². The van der Waals surface area contributed by atoms with Gasteiger partial charge in [-0.1, -0.05) is 43.2 Å². The van der Waals surface area contributed by atoms with Gasteiger partial charge in [0, 0.05) is 35.2 Å². The first-order chi connectivity index (χ1) is 26.4. The molecule has 5 atom stereocenters. The van der Waals surface area contributed by atoms with E-state index in [-0.39, 0.29) is 36.2 Å². The minimum atomic E-state index is -3.97. The molecule has 0 spiro atoms. The molecule has 2 aromatic carbocycles. The van der Waals surface area contributed by atoms with Crippen LogP contribution in [0.5, 0.6) is 5.88 Å². The molecule has 4 aliphatic rings. The molecular weight excluding hydrogens is 746 g/mol. The number of amides is 3. The van der Waals surface area contributed by atoms with Gasteiger partial charge in [-0.05, 0) is 81.0 Å². The van der Waals surface area contributed by atoms with Crippen molar-refractivity contribution in [2.24, 2.45) is 11.3 Å². The highest BCUT2D eigenvalue weighted by Gasteiger charge is 2.62. The van der Waals surface area contributed by atoms with E-state index in [9.17, 15) is 32.0 Å². The lowest BCUT2D eigenvalue weighted by atomic mass is 9.91. The zero-order valence-electron chi connectivity index (χ0n) is 30.3. The molecular formula is C40H42FN5O7S2. The highest BCUT2D eigenvalue weighted by atomic mass is 32.2. The molecule has 2 aliphatic heterocycles. The smallest absolute Gasteiger partial charge is 0.280 e. The Labute approximate surface area is 322 Å². The molecule has 55 heavy (non-hydrogen) atoms. The standard InChI is InChI=1S/C40H42FN5O7S2/c1-39(15-16-39)55(51,52)45-38(50)40-21-24(40)9-5-3-2-4-6-12-31(43-34(48)36-42-17-18-54-36)37(49)46-23-26(20-32(46)33(47)22-40)53-35-28-14-13-25(41)19-29(28)27-10-7-8-11-30(27)44-35/h5,7-11,13-14,17-19,24,26,31-32H,2-4,6,12,15-16,20-23H2,1H3,(H,43,48)(H,45,50)/b9-5-/t24-,26-,31+,32+,40-/m1/s1. The number of Topliss-reactive ketones (excluding diaryl/α,β-unsaturated/α-hetero) is 1. The van der Waals surface area contributed by atoms with Crippen LogP contribution in [0.4, 0.5) is 4.39 Å². The Morgan fingerprint density at radius 1 is 1.05 bits per heavy atom. The minimum absolute atomic E-state index is 0.0225. The molecule has 2 N–H and O–H groups in total. The highest BCUT2D eigenvalue weighted by Crippen LogP contribution is 2.57. The van der Waals surface area contributed by atoms with E-state index in [1.165, 1.54) is 23.2 Å². The fourth-order valence-corrected chi connectivity index (χ4v) is 9.86. The average Bonchev–Trinajstić information content (AvgIpc) is 3.91. The number of aromatic nitrogens is 2.